The van der Waals surface area contributed by atoms with Crippen molar-refractivity contribution in [1.29, 1.82) is 0 Å². The standard InChI is InChI=1S/C11H14O3/c1-6-5-10(14-9(4)12)7(2)8(3)11(6)13/h5,13H,1-4H3. The lowest BCUT2D eigenvalue weighted by Crippen LogP contribution is -2.04. The minimum absolute atomic E-state index is 0.262. The maximum Gasteiger partial charge on any atom is 0.308 e. The fourth-order valence-corrected chi connectivity index (χ4v) is 1.29. The van der Waals surface area contributed by atoms with E-state index in [1.165, 1.54) is 6.92 Å². The molecule has 0 radical (unpaired) electrons. The van der Waals surface area contributed by atoms with Crippen molar-refractivity contribution in [3.63, 3.8) is 0 Å². The van der Waals surface area contributed by atoms with E-state index in [9.17, 15) is 9.90 Å². The molecule has 0 heterocycles. The van der Waals surface area contributed by atoms with Gasteiger partial charge < -0.3 is 9.84 Å². The van der Waals surface area contributed by atoms with Crippen LogP contribution in [0.5, 0.6) is 11.5 Å². The van der Waals surface area contributed by atoms with Gasteiger partial charge in [-0.15, -0.1) is 0 Å². The van der Waals surface area contributed by atoms with E-state index in [2.05, 4.69) is 0 Å². The monoisotopic (exact) mass is 194 g/mol. The minimum atomic E-state index is -0.349. The molecule has 76 valence electrons. The van der Waals surface area contributed by atoms with Crippen molar-refractivity contribution in [3.05, 3.63) is 22.8 Å². The number of hydrogen-bond donors (Lipinski definition) is 1. The Labute approximate surface area is 83.3 Å². The van der Waals surface area contributed by atoms with E-state index < -0.39 is 0 Å². The minimum Gasteiger partial charge on any atom is -0.507 e. The Bertz CT molecular complexity index is 381. The predicted octanol–water partition coefficient (Wildman–Crippen LogP) is 2.24. The van der Waals surface area contributed by atoms with E-state index in [-0.39, 0.29) is 11.7 Å². The number of carbonyl (C=O) groups excluding carboxylic acids is 1. The van der Waals surface area contributed by atoms with E-state index in [1.807, 2.05) is 6.92 Å². The summed E-state index contributed by atoms with van der Waals surface area (Å²) < 4.78 is 5.01. The molecule has 0 spiro atoms. The van der Waals surface area contributed by atoms with Gasteiger partial charge in [0.2, 0.25) is 0 Å². The van der Waals surface area contributed by atoms with E-state index >= 15 is 0 Å². The molecule has 1 rings (SSSR count). The second-order valence-electron chi connectivity index (χ2n) is 3.38. The number of aromatic hydroxyl groups is 1. The van der Waals surface area contributed by atoms with Crippen molar-refractivity contribution in [2.75, 3.05) is 0 Å². The van der Waals surface area contributed by atoms with Crippen LogP contribution in [0, 0.1) is 20.8 Å². The molecule has 0 unspecified atom stereocenters. The molecule has 14 heavy (non-hydrogen) atoms. The second kappa shape index (κ2) is 3.70. The van der Waals surface area contributed by atoms with Crippen LogP contribution in [-0.2, 0) is 4.79 Å². The van der Waals surface area contributed by atoms with Crippen LogP contribution in [-0.4, -0.2) is 11.1 Å². The van der Waals surface area contributed by atoms with Crippen molar-refractivity contribution in [1.82, 2.24) is 0 Å². The SMILES string of the molecule is CC(=O)Oc1cc(C)c(O)c(C)c1C. The Hall–Kier alpha value is -1.51. The highest BCUT2D eigenvalue weighted by molar-refractivity contribution is 5.70. The lowest BCUT2D eigenvalue weighted by Gasteiger charge is -2.11. The lowest BCUT2D eigenvalue weighted by atomic mass is 10.0. The van der Waals surface area contributed by atoms with Gasteiger partial charge in [0.15, 0.2) is 0 Å². The average molecular weight is 194 g/mol. The molecular formula is C11H14O3. The Morgan fingerprint density at radius 1 is 1.29 bits per heavy atom. The van der Waals surface area contributed by atoms with Crippen molar-refractivity contribution in [2.45, 2.75) is 27.7 Å². The third-order valence-corrected chi connectivity index (χ3v) is 2.26. The summed E-state index contributed by atoms with van der Waals surface area (Å²) in [6.45, 7) is 6.74. The van der Waals surface area contributed by atoms with Crippen molar-refractivity contribution >= 4 is 5.97 Å². The number of phenols is 1. The summed E-state index contributed by atoms with van der Waals surface area (Å²) in [5.41, 5.74) is 2.26. The summed E-state index contributed by atoms with van der Waals surface area (Å²) in [5.74, 6) is 0.432. The molecule has 0 fully saturated rings. The molecule has 1 aromatic carbocycles. The van der Waals surface area contributed by atoms with Crippen molar-refractivity contribution in [3.8, 4) is 11.5 Å². The number of rotatable bonds is 1. The molecule has 1 aromatic rings. The summed E-state index contributed by atoms with van der Waals surface area (Å²) in [6.07, 6.45) is 0. The summed E-state index contributed by atoms with van der Waals surface area (Å²) in [7, 11) is 0. The highest BCUT2D eigenvalue weighted by Gasteiger charge is 2.11. The number of carbonyl (C=O) groups is 1. The van der Waals surface area contributed by atoms with Gasteiger partial charge in [0.1, 0.15) is 11.5 Å². The summed E-state index contributed by atoms with van der Waals surface area (Å²) in [6, 6.07) is 1.67. The quantitative estimate of drug-likeness (QED) is 0.551. The fourth-order valence-electron chi connectivity index (χ4n) is 1.29. The number of ether oxygens (including phenoxy) is 1. The number of phenolic OH excluding ortho intramolecular Hbond substituents is 1. The molecule has 0 saturated heterocycles. The number of benzene rings is 1. The van der Waals surface area contributed by atoms with Crippen LogP contribution in [0.1, 0.15) is 23.6 Å². The lowest BCUT2D eigenvalue weighted by molar-refractivity contribution is -0.131. The summed E-state index contributed by atoms with van der Waals surface area (Å²) in [5, 5.41) is 9.61. The first-order chi connectivity index (χ1) is 6.43. The topological polar surface area (TPSA) is 46.5 Å². The highest BCUT2D eigenvalue weighted by Crippen LogP contribution is 2.31. The number of esters is 1. The van der Waals surface area contributed by atoms with E-state index in [4.69, 9.17) is 4.74 Å². The van der Waals surface area contributed by atoms with Crippen LogP contribution >= 0.6 is 0 Å². The van der Waals surface area contributed by atoms with E-state index in [0.29, 0.717) is 11.3 Å². The van der Waals surface area contributed by atoms with E-state index in [0.717, 1.165) is 11.1 Å². The van der Waals surface area contributed by atoms with Gasteiger partial charge in [0.25, 0.3) is 0 Å². The molecule has 1 N–H and O–H groups in total. The van der Waals surface area contributed by atoms with Crippen LogP contribution in [0.2, 0.25) is 0 Å². The zero-order chi connectivity index (χ0) is 10.9. The molecular weight excluding hydrogens is 180 g/mol. The van der Waals surface area contributed by atoms with Crippen LogP contribution < -0.4 is 4.74 Å². The molecule has 0 aliphatic heterocycles. The van der Waals surface area contributed by atoms with Gasteiger partial charge in [0, 0.05) is 6.92 Å². The molecule has 3 nitrogen and oxygen atoms in total. The fraction of sp³-hybridized carbons (Fsp3) is 0.364. The normalized spacial score (nSPS) is 10.0. The van der Waals surface area contributed by atoms with Crippen molar-refractivity contribution < 1.29 is 14.6 Å². The third-order valence-electron chi connectivity index (χ3n) is 2.26. The largest absolute Gasteiger partial charge is 0.507 e. The van der Waals surface area contributed by atoms with Crippen LogP contribution in [0.15, 0.2) is 6.07 Å². The molecule has 0 amide bonds. The molecule has 3 heteroatoms. The smallest absolute Gasteiger partial charge is 0.308 e. The maximum absolute atomic E-state index is 10.8. The molecule has 0 atom stereocenters. The van der Waals surface area contributed by atoms with Gasteiger partial charge in [-0.05, 0) is 43.5 Å². The number of aryl methyl sites for hydroxylation is 1. The first-order valence-electron chi connectivity index (χ1n) is 4.41. The van der Waals surface area contributed by atoms with E-state index in [1.54, 1.807) is 19.9 Å². The molecule has 0 saturated carbocycles. The molecule has 0 bridgehead atoms. The maximum atomic E-state index is 10.8. The molecule has 0 aliphatic rings. The van der Waals surface area contributed by atoms with Gasteiger partial charge in [-0.1, -0.05) is 0 Å². The van der Waals surface area contributed by atoms with Gasteiger partial charge >= 0.3 is 5.97 Å². The van der Waals surface area contributed by atoms with Crippen LogP contribution in [0.25, 0.3) is 0 Å². The summed E-state index contributed by atoms with van der Waals surface area (Å²) in [4.78, 5) is 10.8. The van der Waals surface area contributed by atoms with Gasteiger partial charge in [-0.3, -0.25) is 4.79 Å². The van der Waals surface area contributed by atoms with Crippen LogP contribution in [0.4, 0.5) is 0 Å². The van der Waals surface area contributed by atoms with Crippen molar-refractivity contribution in [2.24, 2.45) is 0 Å². The zero-order valence-electron chi connectivity index (χ0n) is 8.84. The third kappa shape index (κ3) is 1.87. The first-order valence-corrected chi connectivity index (χ1v) is 4.41. The Morgan fingerprint density at radius 3 is 2.36 bits per heavy atom. The number of hydrogen-bond acceptors (Lipinski definition) is 3. The van der Waals surface area contributed by atoms with Gasteiger partial charge in [-0.2, -0.15) is 0 Å². The highest BCUT2D eigenvalue weighted by atomic mass is 16.5. The molecule has 0 aromatic heterocycles. The Kier molecular flexibility index (Phi) is 2.79. The molecule has 0 aliphatic carbocycles. The van der Waals surface area contributed by atoms with Gasteiger partial charge in [-0.25, -0.2) is 0 Å². The average Bonchev–Trinajstić information content (AvgIpc) is 2.10. The first kappa shape index (κ1) is 10.6. The summed E-state index contributed by atoms with van der Waals surface area (Å²) >= 11 is 0. The Morgan fingerprint density at radius 2 is 1.86 bits per heavy atom. The second-order valence-corrected chi connectivity index (χ2v) is 3.38. The zero-order valence-corrected chi connectivity index (χ0v) is 8.84. The Balaban J connectivity index is 3.25. The predicted molar refractivity (Wildman–Crippen MR) is 53.6 cm³/mol. The van der Waals surface area contributed by atoms with Gasteiger partial charge in [0.05, 0.1) is 0 Å². The van der Waals surface area contributed by atoms with Crippen LogP contribution in [0.3, 0.4) is 0 Å².